The Morgan fingerprint density at radius 3 is 2.67 bits per heavy atom. The third kappa shape index (κ3) is 2.66. The molecular formula is C14H15N3O. The van der Waals surface area contributed by atoms with E-state index in [-0.39, 0.29) is 5.84 Å². The predicted molar refractivity (Wildman–Crippen MR) is 71.2 cm³/mol. The van der Waals surface area contributed by atoms with Gasteiger partial charge in [-0.2, -0.15) is 0 Å². The van der Waals surface area contributed by atoms with Gasteiger partial charge in [0.05, 0.1) is 0 Å². The molecule has 2 aromatic rings. The van der Waals surface area contributed by atoms with Crippen LogP contribution in [0.3, 0.4) is 0 Å². The summed E-state index contributed by atoms with van der Waals surface area (Å²) < 4.78 is 5.69. The second kappa shape index (κ2) is 4.87. The summed E-state index contributed by atoms with van der Waals surface area (Å²) in [5, 5.41) is 7.34. The summed E-state index contributed by atoms with van der Waals surface area (Å²) in [5.74, 6) is 1.13. The number of pyridine rings is 1. The number of benzene rings is 1. The first kappa shape index (κ1) is 12.1. The Hall–Kier alpha value is -2.36. The zero-order valence-electron chi connectivity index (χ0n) is 10.4. The van der Waals surface area contributed by atoms with E-state index in [1.807, 2.05) is 32.0 Å². The van der Waals surface area contributed by atoms with E-state index in [4.69, 9.17) is 15.9 Å². The van der Waals surface area contributed by atoms with Crippen LogP contribution in [0.1, 0.15) is 16.8 Å². The number of aromatic nitrogens is 1. The average molecular weight is 241 g/mol. The highest BCUT2D eigenvalue weighted by molar-refractivity contribution is 5.93. The van der Waals surface area contributed by atoms with Gasteiger partial charge in [-0.3, -0.25) is 5.41 Å². The second-order valence-corrected chi connectivity index (χ2v) is 4.15. The van der Waals surface area contributed by atoms with E-state index in [0.29, 0.717) is 11.6 Å². The van der Waals surface area contributed by atoms with Crippen molar-refractivity contribution < 1.29 is 4.74 Å². The number of nitrogens with one attached hydrogen (secondary N) is 1. The lowest BCUT2D eigenvalue weighted by Gasteiger charge is -2.09. The molecule has 1 heterocycles. The van der Waals surface area contributed by atoms with E-state index in [9.17, 15) is 0 Å². The van der Waals surface area contributed by atoms with Gasteiger partial charge in [-0.05, 0) is 31.5 Å². The zero-order chi connectivity index (χ0) is 13.1. The van der Waals surface area contributed by atoms with Crippen LogP contribution in [-0.2, 0) is 0 Å². The van der Waals surface area contributed by atoms with Crippen molar-refractivity contribution in [1.82, 2.24) is 4.98 Å². The smallest absolute Gasteiger partial charge is 0.219 e. The summed E-state index contributed by atoms with van der Waals surface area (Å²) in [6, 6.07) is 11.1. The SMILES string of the molecule is Cc1ccc(Oc2cccc(C(=N)N)n2)c(C)c1. The summed E-state index contributed by atoms with van der Waals surface area (Å²) in [5.41, 5.74) is 8.04. The lowest BCUT2D eigenvalue weighted by molar-refractivity contribution is 0.459. The van der Waals surface area contributed by atoms with Gasteiger partial charge >= 0.3 is 0 Å². The number of hydrogen-bond donors (Lipinski definition) is 2. The Morgan fingerprint density at radius 2 is 2.00 bits per heavy atom. The molecule has 0 bridgehead atoms. The Morgan fingerprint density at radius 1 is 1.22 bits per heavy atom. The number of nitrogen functional groups attached to an aromatic ring is 1. The highest BCUT2D eigenvalue weighted by Gasteiger charge is 2.04. The van der Waals surface area contributed by atoms with Gasteiger partial charge in [0.1, 0.15) is 17.3 Å². The maximum atomic E-state index is 7.34. The van der Waals surface area contributed by atoms with E-state index in [2.05, 4.69) is 4.98 Å². The molecule has 4 nitrogen and oxygen atoms in total. The Labute approximate surface area is 106 Å². The maximum Gasteiger partial charge on any atom is 0.219 e. The number of nitrogens with zero attached hydrogens (tertiary/aromatic N) is 1. The van der Waals surface area contributed by atoms with E-state index in [1.165, 1.54) is 5.56 Å². The fourth-order valence-corrected chi connectivity index (χ4v) is 1.65. The number of hydrogen-bond acceptors (Lipinski definition) is 3. The molecule has 0 saturated heterocycles. The summed E-state index contributed by atoms with van der Waals surface area (Å²) in [6.07, 6.45) is 0. The average Bonchev–Trinajstić information content (AvgIpc) is 2.33. The summed E-state index contributed by atoms with van der Waals surface area (Å²) in [7, 11) is 0. The number of ether oxygens (including phenoxy) is 1. The standard InChI is InChI=1S/C14H15N3O/c1-9-6-7-12(10(2)8-9)18-13-5-3-4-11(17-13)14(15)16/h3-8H,1-2H3,(H3,15,16). The molecule has 18 heavy (non-hydrogen) atoms. The monoisotopic (exact) mass is 241 g/mol. The topological polar surface area (TPSA) is 72.0 Å². The summed E-state index contributed by atoms with van der Waals surface area (Å²) in [6.45, 7) is 4.02. The molecule has 2 rings (SSSR count). The maximum absolute atomic E-state index is 7.34. The lowest BCUT2D eigenvalue weighted by atomic mass is 10.1. The van der Waals surface area contributed by atoms with Gasteiger partial charge in [0, 0.05) is 6.07 Å². The Balaban J connectivity index is 2.28. The first-order valence-corrected chi connectivity index (χ1v) is 5.63. The molecular weight excluding hydrogens is 226 g/mol. The quantitative estimate of drug-likeness (QED) is 0.641. The molecule has 1 aromatic carbocycles. The molecule has 0 aliphatic rings. The van der Waals surface area contributed by atoms with Crippen LogP contribution in [0.2, 0.25) is 0 Å². The second-order valence-electron chi connectivity index (χ2n) is 4.15. The van der Waals surface area contributed by atoms with Crippen LogP contribution in [0.4, 0.5) is 0 Å². The first-order valence-electron chi connectivity index (χ1n) is 5.63. The normalized spacial score (nSPS) is 10.1. The molecule has 0 atom stereocenters. The Kier molecular flexibility index (Phi) is 3.28. The van der Waals surface area contributed by atoms with Gasteiger partial charge < -0.3 is 10.5 Å². The molecule has 0 fully saturated rings. The van der Waals surface area contributed by atoms with Crippen molar-refractivity contribution >= 4 is 5.84 Å². The van der Waals surface area contributed by atoms with Crippen LogP contribution in [0.5, 0.6) is 11.6 Å². The largest absolute Gasteiger partial charge is 0.439 e. The fourth-order valence-electron chi connectivity index (χ4n) is 1.65. The molecule has 0 radical (unpaired) electrons. The molecule has 0 saturated carbocycles. The minimum Gasteiger partial charge on any atom is -0.439 e. The van der Waals surface area contributed by atoms with Crippen molar-refractivity contribution in [3.05, 3.63) is 53.2 Å². The number of aryl methyl sites for hydroxylation is 2. The van der Waals surface area contributed by atoms with Crippen LogP contribution < -0.4 is 10.5 Å². The van der Waals surface area contributed by atoms with Crippen LogP contribution in [0.25, 0.3) is 0 Å². The molecule has 4 heteroatoms. The van der Waals surface area contributed by atoms with Crippen molar-refractivity contribution in [2.75, 3.05) is 0 Å². The highest BCUT2D eigenvalue weighted by Crippen LogP contribution is 2.24. The van der Waals surface area contributed by atoms with Crippen LogP contribution >= 0.6 is 0 Å². The third-order valence-electron chi connectivity index (χ3n) is 2.54. The number of rotatable bonds is 3. The van der Waals surface area contributed by atoms with Crippen LogP contribution in [0, 0.1) is 19.3 Å². The molecule has 0 amide bonds. The lowest BCUT2D eigenvalue weighted by Crippen LogP contribution is -2.13. The van der Waals surface area contributed by atoms with Crippen LogP contribution in [-0.4, -0.2) is 10.8 Å². The van der Waals surface area contributed by atoms with Crippen molar-refractivity contribution in [2.24, 2.45) is 5.73 Å². The number of amidine groups is 1. The third-order valence-corrected chi connectivity index (χ3v) is 2.54. The zero-order valence-corrected chi connectivity index (χ0v) is 10.4. The Bertz CT molecular complexity index is 593. The van der Waals surface area contributed by atoms with E-state index < -0.39 is 0 Å². The van der Waals surface area contributed by atoms with E-state index in [0.717, 1.165) is 11.3 Å². The van der Waals surface area contributed by atoms with Crippen molar-refractivity contribution in [3.8, 4) is 11.6 Å². The molecule has 0 aliphatic carbocycles. The molecule has 92 valence electrons. The summed E-state index contributed by atoms with van der Waals surface area (Å²) in [4.78, 5) is 4.16. The van der Waals surface area contributed by atoms with Crippen LogP contribution in [0.15, 0.2) is 36.4 Å². The molecule has 3 N–H and O–H groups in total. The molecule has 0 aliphatic heterocycles. The molecule has 0 spiro atoms. The van der Waals surface area contributed by atoms with Gasteiger partial charge in [-0.15, -0.1) is 0 Å². The van der Waals surface area contributed by atoms with Gasteiger partial charge in [-0.25, -0.2) is 4.98 Å². The van der Waals surface area contributed by atoms with E-state index >= 15 is 0 Å². The number of nitrogens with two attached hydrogens (primary N) is 1. The van der Waals surface area contributed by atoms with Gasteiger partial charge in [0.25, 0.3) is 0 Å². The van der Waals surface area contributed by atoms with Gasteiger partial charge in [-0.1, -0.05) is 23.8 Å². The molecule has 1 aromatic heterocycles. The minimum absolute atomic E-state index is 0.0684. The molecule has 0 unspecified atom stereocenters. The van der Waals surface area contributed by atoms with Crippen molar-refractivity contribution in [3.63, 3.8) is 0 Å². The first-order chi connectivity index (χ1) is 8.56. The van der Waals surface area contributed by atoms with Gasteiger partial charge in [0.2, 0.25) is 5.88 Å². The highest BCUT2D eigenvalue weighted by atomic mass is 16.5. The fraction of sp³-hybridized carbons (Fsp3) is 0.143. The minimum atomic E-state index is -0.0684. The predicted octanol–water partition coefficient (Wildman–Crippen LogP) is 2.77. The van der Waals surface area contributed by atoms with E-state index in [1.54, 1.807) is 18.2 Å². The van der Waals surface area contributed by atoms with Crippen molar-refractivity contribution in [2.45, 2.75) is 13.8 Å². The summed E-state index contributed by atoms with van der Waals surface area (Å²) >= 11 is 0. The van der Waals surface area contributed by atoms with Gasteiger partial charge in [0.15, 0.2) is 0 Å². The van der Waals surface area contributed by atoms with Crippen molar-refractivity contribution in [1.29, 1.82) is 5.41 Å².